The molecule has 0 radical (unpaired) electrons. The number of hydrogen-bond donors (Lipinski definition) is 1. The average molecular weight is 268 g/mol. The van der Waals surface area contributed by atoms with E-state index in [0.717, 1.165) is 12.1 Å². The van der Waals surface area contributed by atoms with E-state index >= 15 is 0 Å². The van der Waals surface area contributed by atoms with E-state index in [4.69, 9.17) is 5.73 Å². The third kappa shape index (κ3) is 4.14. The predicted octanol–water partition coefficient (Wildman–Crippen LogP) is 2.74. The molecule has 0 aliphatic heterocycles. The number of alkyl halides is 5. The van der Waals surface area contributed by atoms with Crippen molar-refractivity contribution in [3.8, 4) is 0 Å². The summed E-state index contributed by atoms with van der Waals surface area (Å²) in [6.45, 7) is -0.244. The molecule has 0 saturated heterocycles. The Morgan fingerprint density at radius 1 is 1.11 bits per heavy atom. The molecule has 2 nitrogen and oxygen atoms in total. The molecule has 0 spiro atoms. The van der Waals surface area contributed by atoms with Crippen molar-refractivity contribution in [2.75, 3.05) is 24.5 Å². The highest BCUT2D eigenvalue weighted by molar-refractivity contribution is 5.48. The molecule has 7 heteroatoms. The van der Waals surface area contributed by atoms with Gasteiger partial charge in [-0.25, -0.2) is 8.78 Å². The smallest absolute Gasteiger partial charge is 0.365 e. The van der Waals surface area contributed by atoms with E-state index in [-0.39, 0.29) is 13.1 Å². The molecular weight excluding hydrogens is 255 g/mol. The molecule has 102 valence electrons. The number of benzene rings is 1. The third-order valence-electron chi connectivity index (χ3n) is 2.32. The Kier molecular flexibility index (Phi) is 4.89. The molecule has 0 amide bonds. The standard InChI is InChI=1S/C11H13F5N2/c12-10(13)7-18(6-5-17)9-3-1-8(2-4-9)11(14,15)16/h1-4,10H,5-7,17H2. The molecule has 2 N–H and O–H groups in total. The molecule has 0 fully saturated rings. The summed E-state index contributed by atoms with van der Waals surface area (Å²) in [6, 6.07) is 4.07. The van der Waals surface area contributed by atoms with Crippen LogP contribution in [0.4, 0.5) is 27.6 Å². The molecule has 0 aromatic heterocycles. The van der Waals surface area contributed by atoms with E-state index in [0.29, 0.717) is 5.69 Å². The van der Waals surface area contributed by atoms with E-state index in [1.807, 2.05) is 0 Å². The average Bonchev–Trinajstić information content (AvgIpc) is 2.27. The third-order valence-corrected chi connectivity index (χ3v) is 2.32. The lowest BCUT2D eigenvalue weighted by Gasteiger charge is -2.24. The molecule has 0 bridgehead atoms. The van der Waals surface area contributed by atoms with Crippen LogP contribution in [0.15, 0.2) is 24.3 Å². The molecule has 0 aliphatic rings. The Labute approximate surface area is 101 Å². The van der Waals surface area contributed by atoms with Gasteiger partial charge < -0.3 is 10.6 Å². The van der Waals surface area contributed by atoms with E-state index in [1.165, 1.54) is 17.0 Å². The van der Waals surface area contributed by atoms with Crippen molar-refractivity contribution in [2.45, 2.75) is 12.6 Å². The van der Waals surface area contributed by atoms with Crippen LogP contribution in [0, 0.1) is 0 Å². The quantitative estimate of drug-likeness (QED) is 0.832. The largest absolute Gasteiger partial charge is 0.416 e. The van der Waals surface area contributed by atoms with Gasteiger partial charge in [-0.2, -0.15) is 13.2 Å². The number of nitrogens with zero attached hydrogens (tertiary/aromatic N) is 1. The van der Waals surface area contributed by atoms with Crippen molar-refractivity contribution in [3.05, 3.63) is 29.8 Å². The topological polar surface area (TPSA) is 29.3 Å². The summed E-state index contributed by atoms with van der Waals surface area (Å²) in [4.78, 5) is 1.25. The van der Waals surface area contributed by atoms with Crippen LogP contribution in [0.2, 0.25) is 0 Å². The summed E-state index contributed by atoms with van der Waals surface area (Å²) < 4.78 is 61.6. The molecule has 0 unspecified atom stereocenters. The lowest BCUT2D eigenvalue weighted by Crippen LogP contribution is -2.33. The number of rotatable bonds is 5. The second-order valence-corrected chi connectivity index (χ2v) is 3.67. The van der Waals surface area contributed by atoms with Gasteiger partial charge in [-0.3, -0.25) is 0 Å². The minimum absolute atomic E-state index is 0.147. The van der Waals surface area contributed by atoms with Crippen LogP contribution in [0.25, 0.3) is 0 Å². The van der Waals surface area contributed by atoms with Crippen LogP contribution >= 0.6 is 0 Å². The highest BCUT2D eigenvalue weighted by atomic mass is 19.4. The van der Waals surface area contributed by atoms with Crippen molar-refractivity contribution in [2.24, 2.45) is 5.73 Å². The van der Waals surface area contributed by atoms with Crippen LogP contribution in [0.1, 0.15) is 5.56 Å². The van der Waals surface area contributed by atoms with Crippen molar-refractivity contribution >= 4 is 5.69 Å². The van der Waals surface area contributed by atoms with Gasteiger partial charge in [0.1, 0.15) is 0 Å². The van der Waals surface area contributed by atoms with Gasteiger partial charge >= 0.3 is 6.18 Å². The highest BCUT2D eigenvalue weighted by Gasteiger charge is 2.30. The Balaban J connectivity index is 2.86. The van der Waals surface area contributed by atoms with Gasteiger partial charge in [0, 0.05) is 18.8 Å². The van der Waals surface area contributed by atoms with Gasteiger partial charge in [-0.1, -0.05) is 0 Å². The molecule has 0 aliphatic carbocycles. The van der Waals surface area contributed by atoms with Gasteiger partial charge in [0.2, 0.25) is 0 Å². The Morgan fingerprint density at radius 3 is 2.06 bits per heavy atom. The first-order chi connectivity index (χ1) is 8.34. The normalized spacial score (nSPS) is 11.9. The van der Waals surface area contributed by atoms with Gasteiger partial charge in [-0.15, -0.1) is 0 Å². The first-order valence-corrected chi connectivity index (χ1v) is 5.25. The van der Waals surface area contributed by atoms with E-state index < -0.39 is 24.7 Å². The molecule has 0 saturated carbocycles. The highest BCUT2D eigenvalue weighted by Crippen LogP contribution is 2.30. The van der Waals surface area contributed by atoms with Crippen LogP contribution in [-0.4, -0.2) is 26.1 Å². The SMILES string of the molecule is NCCN(CC(F)F)c1ccc(C(F)(F)F)cc1. The molecule has 1 aromatic rings. The number of anilines is 1. The Hall–Kier alpha value is -1.37. The maximum atomic E-state index is 12.3. The Bertz CT molecular complexity index is 361. The van der Waals surface area contributed by atoms with Crippen molar-refractivity contribution < 1.29 is 22.0 Å². The summed E-state index contributed by atoms with van der Waals surface area (Å²) in [5.74, 6) is 0. The van der Waals surface area contributed by atoms with Crippen molar-refractivity contribution in [1.82, 2.24) is 0 Å². The zero-order valence-electron chi connectivity index (χ0n) is 9.42. The van der Waals surface area contributed by atoms with Crippen LogP contribution < -0.4 is 10.6 Å². The fourth-order valence-electron chi connectivity index (χ4n) is 1.51. The van der Waals surface area contributed by atoms with Gasteiger partial charge in [0.25, 0.3) is 6.43 Å². The fraction of sp³-hybridized carbons (Fsp3) is 0.455. The van der Waals surface area contributed by atoms with E-state index in [9.17, 15) is 22.0 Å². The lowest BCUT2D eigenvalue weighted by molar-refractivity contribution is -0.137. The van der Waals surface area contributed by atoms with Gasteiger partial charge in [-0.05, 0) is 24.3 Å². The summed E-state index contributed by atoms with van der Waals surface area (Å²) in [5, 5.41) is 0. The maximum Gasteiger partial charge on any atom is 0.416 e. The second kappa shape index (κ2) is 5.99. The van der Waals surface area contributed by atoms with E-state index in [1.54, 1.807) is 0 Å². The zero-order chi connectivity index (χ0) is 13.8. The maximum absolute atomic E-state index is 12.3. The Morgan fingerprint density at radius 2 is 1.67 bits per heavy atom. The first kappa shape index (κ1) is 14.7. The fourth-order valence-corrected chi connectivity index (χ4v) is 1.51. The molecular formula is C11H13F5N2. The van der Waals surface area contributed by atoms with Crippen molar-refractivity contribution in [3.63, 3.8) is 0 Å². The van der Waals surface area contributed by atoms with Gasteiger partial charge in [0.15, 0.2) is 0 Å². The van der Waals surface area contributed by atoms with E-state index in [2.05, 4.69) is 0 Å². The van der Waals surface area contributed by atoms with Crippen LogP contribution in [0.5, 0.6) is 0 Å². The predicted molar refractivity (Wildman–Crippen MR) is 58.7 cm³/mol. The monoisotopic (exact) mass is 268 g/mol. The number of hydrogen-bond acceptors (Lipinski definition) is 2. The molecule has 18 heavy (non-hydrogen) atoms. The lowest BCUT2D eigenvalue weighted by atomic mass is 10.2. The number of nitrogens with two attached hydrogens (primary N) is 1. The minimum Gasteiger partial charge on any atom is -0.365 e. The summed E-state index contributed by atoms with van der Waals surface area (Å²) in [6.07, 6.45) is -7.00. The molecule has 1 aromatic carbocycles. The van der Waals surface area contributed by atoms with Crippen LogP contribution in [0.3, 0.4) is 0 Å². The zero-order valence-corrected chi connectivity index (χ0v) is 9.42. The summed E-state index contributed by atoms with van der Waals surface area (Å²) in [5.41, 5.74) is 4.77. The molecule has 1 rings (SSSR count). The summed E-state index contributed by atoms with van der Waals surface area (Å²) in [7, 11) is 0. The second-order valence-electron chi connectivity index (χ2n) is 3.67. The first-order valence-electron chi connectivity index (χ1n) is 5.25. The molecule has 0 heterocycles. The van der Waals surface area contributed by atoms with Gasteiger partial charge in [0.05, 0.1) is 12.1 Å². The van der Waals surface area contributed by atoms with Crippen molar-refractivity contribution in [1.29, 1.82) is 0 Å². The van der Waals surface area contributed by atoms with Crippen LogP contribution in [-0.2, 0) is 6.18 Å². The number of halogens is 5. The molecule has 0 atom stereocenters. The summed E-state index contributed by atoms with van der Waals surface area (Å²) >= 11 is 0. The minimum atomic E-state index is -4.43.